The third-order valence-corrected chi connectivity index (χ3v) is 6.40. The Bertz CT molecular complexity index is 513. The molecular formula is C19H26O2. The predicted octanol–water partition coefficient (Wildman–Crippen LogP) is 4.25. The highest BCUT2D eigenvalue weighted by molar-refractivity contribution is 5.37. The van der Waals surface area contributed by atoms with Gasteiger partial charge < -0.3 is 9.84 Å². The summed E-state index contributed by atoms with van der Waals surface area (Å²) in [5.74, 6) is 3.55. The maximum Gasteiger partial charge on any atom is 0.121 e. The van der Waals surface area contributed by atoms with Crippen LogP contribution in [0.2, 0.25) is 0 Å². The van der Waals surface area contributed by atoms with Crippen molar-refractivity contribution in [3.8, 4) is 5.75 Å². The van der Waals surface area contributed by atoms with Gasteiger partial charge in [-0.15, -0.1) is 0 Å². The monoisotopic (exact) mass is 286 g/mol. The van der Waals surface area contributed by atoms with Crippen molar-refractivity contribution in [2.75, 3.05) is 7.11 Å². The quantitative estimate of drug-likeness (QED) is 0.900. The van der Waals surface area contributed by atoms with Crippen molar-refractivity contribution in [2.45, 2.75) is 51.6 Å². The Morgan fingerprint density at radius 2 is 1.67 bits per heavy atom. The van der Waals surface area contributed by atoms with Crippen molar-refractivity contribution in [3.05, 3.63) is 29.3 Å². The highest BCUT2D eigenvalue weighted by atomic mass is 16.5. The van der Waals surface area contributed by atoms with Gasteiger partial charge in [0.25, 0.3) is 0 Å². The molecule has 2 nitrogen and oxygen atoms in total. The van der Waals surface area contributed by atoms with Gasteiger partial charge in [-0.1, -0.05) is 6.07 Å². The minimum Gasteiger partial charge on any atom is -0.496 e. The summed E-state index contributed by atoms with van der Waals surface area (Å²) in [5.41, 5.74) is 2.38. The average molecular weight is 286 g/mol. The van der Waals surface area contributed by atoms with Crippen LogP contribution in [0.3, 0.4) is 0 Å². The topological polar surface area (TPSA) is 29.5 Å². The molecule has 4 bridgehead atoms. The zero-order chi connectivity index (χ0) is 14.6. The van der Waals surface area contributed by atoms with Crippen molar-refractivity contribution in [1.82, 2.24) is 0 Å². The molecule has 21 heavy (non-hydrogen) atoms. The minimum atomic E-state index is -0.296. The van der Waals surface area contributed by atoms with Crippen LogP contribution in [0.1, 0.15) is 55.8 Å². The van der Waals surface area contributed by atoms with Gasteiger partial charge in [0.05, 0.1) is 13.2 Å². The number of hydrogen-bond donors (Lipinski definition) is 1. The SMILES string of the molecule is COc1ccc(C(O)C23CC4CC(CC(C4)C2)C3)cc1C. The predicted molar refractivity (Wildman–Crippen MR) is 83.3 cm³/mol. The second-order valence-electron chi connectivity index (χ2n) is 7.91. The summed E-state index contributed by atoms with van der Waals surface area (Å²) >= 11 is 0. The molecule has 0 heterocycles. The first-order valence-electron chi connectivity index (χ1n) is 8.42. The third kappa shape index (κ3) is 2.11. The Labute approximate surface area is 127 Å². The van der Waals surface area contributed by atoms with E-state index in [1.54, 1.807) is 7.11 Å². The molecule has 1 N–H and O–H groups in total. The van der Waals surface area contributed by atoms with E-state index >= 15 is 0 Å². The average Bonchev–Trinajstić information content (AvgIpc) is 2.45. The largest absolute Gasteiger partial charge is 0.496 e. The van der Waals surface area contributed by atoms with Crippen molar-refractivity contribution in [2.24, 2.45) is 23.2 Å². The van der Waals surface area contributed by atoms with Crippen LogP contribution in [0.25, 0.3) is 0 Å². The van der Waals surface area contributed by atoms with Gasteiger partial charge in [-0.05, 0) is 86.5 Å². The molecule has 4 aliphatic carbocycles. The summed E-state index contributed by atoms with van der Waals surface area (Å²) in [4.78, 5) is 0. The van der Waals surface area contributed by atoms with Crippen molar-refractivity contribution >= 4 is 0 Å². The molecule has 1 unspecified atom stereocenters. The Morgan fingerprint density at radius 3 is 2.14 bits per heavy atom. The highest BCUT2D eigenvalue weighted by Crippen LogP contribution is 2.64. The number of hydrogen-bond acceptors (Lipinski definition) is 2. The number of ether oxygens (including phenoxy) is 1. The normalized spacial score (nSPS) is 38.5. The van der Waals surface area contributed by atoms with E-state index in [1.807, 2.05) is 6.07 Å². The lowest BCUT2D eigenvalue weighted by Crippen LogP contribution is -2.48. The number of aliphatic hydroxyl groups is 1. The lowest BCUT2D eigenvalue weighted by atomic mass is 9.47. The van der Waals surface area contributed by atoms with Crippen molar-refractivity contribution in [3.63, 3.8) is 0 Å². The second kappa shape index (κ2) is 4.74. The Balaban J connectivity index is 1.65. The van der Waals surface area contributed by atoms with Crippen LogP contribution in [-0.2, 0) is 0 Å². The van der Waals surface area contributed by atoms with Gasteiger partial charge >= 0.3 is 0 Å². The van der Waals surface area contributed by atoms with E-state index in [-0.39, 0.29) is 11.5 Å². The van der Waals surface area contributed by atoms with Gasteiger partial charge in [-0.2, -0.15) is 0 Å². The summed E-state index contributed by atoms with van der Waals surface area (Å²) in [6.45, 7) is 2.06. The molecule has 4 fully saturated rings. The molecule has 5 rings (SSSR count). The van der Waals surface area contributed by atoms with Crippen molar-refractivity contribution in [1.29, 1.82) is 0 Å². The summed E-state index contributed by atoms with van der Waals surface area (Å²) in [7, 11) is 1.71. The first-order valence-corrected chi connectivity index (χ1v) is 8.42. The van der Waals surface area contributed by atoms with E-state index in [0.717, 1.165) is 34.6 Å². The smallest absolute Gasteiger partial charge is 0.121 e. The summed E-state index contributed by atoms with van der Waals surface area (Å²) < 4.78 is 5.35. The van der Waals surface area contributed by atoms with Gasteiger partial charge in [0.1, 0.15) is 5.75 Å². The Morgan fingerprint density at radius 1 is 1.10 bits per heavy atom. The van der Waals surface area contributed by atoms with E-state index in [2.05, 4.69) is 19.1 Å². The van der Waals surface area contributed by atoms with Crippen LogP contribution >= 0.6 is 0 Å². The van der Waals surface area contributed by atoms with E-state index in [0.29, 0.717) is 0 Å². The maximum atomic E-state index is 11.1. The van der Waals surface area contributed by atoms with E-state index in [9.17, 15) is 5.11 Å². The molecule has 0 spiro atoms. The first-order chi connectivity index (χ1) is 10.1. The van der Waals surface area contributed by atoms with Crippen molar-refractivity contribution < 1.29 is 9.84 Å². The molecule has 1 atom stereocenters. The van der Waals surface area contributed by atoms with Gasteiger partial charge in [0, 0.05) is 5.41 Å². The van der Waals surface area contributed by atoms with Crippen LogP contribution < -0.4 is 4.74 Å². The Kier molecular flexibility index (Phi) is 3.08. The van der Waals surface area contributed by atoms with E-state index < -0.39 is 0 Å². The molecule has 1 aromatic rings. The lowest BCUT2D eigenvalue weighted by Gasteiger charge is -2.58. The number of rotatable bonds is 3. The number of aliphatic hydroxyl groups excluding tert-OH is 1. The first kappa shape index (κ1) is 13.6. The minimum absolute atomic E-state index is 0.162. The van der Waals surface area contributed by atoms with Gasteiger partial charge in [0.2, 0.25) is 0 Å². The zero-order valence-corrected chi connectivity index (χ0v) is 13.1. The molecule has 0 amide bonds. The third-order valence-electron chi connectivity index (χ3n) is 6.40. The fourth-order valence-corrected chi connectivity index (χ4v) is 5.94. The standard InChI is InChI=1S/C19H26O2/c1-12-5-16(3-4-17(12)21-2)18(20)19-9-13-6-14(10-19)8-15(7-13)11-19/h3-5,13-15,18,20H,6-11H2,1-2H3. The van der Waals surface area contributed by atoms with Gasteiger partial charge in [0.15, 0.2) is 0 Å². The summed E-state index contributed by atoms with van der Waals surface area (Å²) in [6, 6.07) is 6.20. The summed E-state index contributed by atoms with van der Waals surface area (Å²) in [6.07, 6.45) is 7.70. The van der Waals surface area contributed by atoms with Crippen LogP contribution in [0, 0.1) is 30.1 Å². The van der Waals surface area contributed by atoms with E-state index in [4.69, 9.17) is 4.74 Å². The van der Waals surface area contributed by atoms with Crippen LogP contribution in [0.4, 0.5) is 0 Å². The number of benzene rings is 1. The summed E-state index contributed by atoms with van der Waals surface area (Å²) in [5, 5.41) is 11.1. The molecule has 2 heteroatoms. The Hall–Kier alpha value is -1.02. The van der Waals surface area contributed by atoms with E-state index in [1.165, 1.54) is 38.5 Å². The van der Waals surface area contributed by atoms with Gasteiger partial charge in [-0.25, -0.2) is 0 Å². The van der Waals surface area contributed by atoms with Gasteiger partial charge in [-0.3, -0.25) is 0 Å². The molecule has 0 radical (unpaired) electrons. The molecule has 0 saturated heterocycles. The van der Waals surface area contributed by atoms with Crippen LogP contribution in [0.15, 0.2) is 18.2 Å². The van der Waals surface area contributed by atoms with Crippen LogP contribution in [0.5, 0.6) is 5.75 Å². The molecule has 0 aliphatic heterocycles. The number of aryl methyl sites for hydroxylation is 1. The molecule has 0 aromatic heterocycles. The fourth-order valence-electron chi connectivity index (χ4n) is 5.94. The molecule has 114 valence electrons. The zero-order valence-electron chi connectivity index (χ0n) is 13.1. The fraction of sp³-hybridized carbons (Fsp3) is 0.684. The highest BCUT2D eigenvalue weighted by Gasteiger charge is 2.54. The van der Waals surface area contributed by atoms with Crippen LogP contribution in [-0.4, -0.2) is 12.2 Å². The molecule has 4 saturated carbocycles. The number of methoxy groups -OCH3 is 1. The second-order valence-corrected chi connectivity index (χ2v) is 7.91. The molecule has 1 aromatic carbocycles. The molecular weight excluding hydrogens is 260 g/mol. The maximum absolute atomic E-state index is 11.1. The lowest BCUT2D eigenvalue weighted by molar-refractivity contribution is -0.122. The molecule has 4 aliphatic rings.